The first kappa shape index (κ1) is 20.0. The molecule has 1 saturated carbocycles. The van der Waals surface area contributed by atoms with Gasteiger partial charge in [0.1, 0.15) is 6.10 Å². The molecule has 1 saturated heterocycles. The van der Waals surface area contributed by atoms with Gasteiger partial charge in [-0.25, -0.2) is 4.79 Å². The number of carbonyl (C=O) groups excluding carboxylic acids is 2. The second-order valence-electron chi connectivity index (χ2n) is 7.79. The highest BCUT2D eigenvalue weighted by Crippen LogP contribution is 2.18. The minimum Gasteiger partial charge on any atom is -0.369 e. The van der Waals surface area contributed by atoms with Crippen LogP contribution >= 0.6 is 0 Å². The van der Waals surface area contributed by atoms with Gasteiger partial charge in [-0.2, -0.15) is 0 Å². The number of amides is 3. The Morgan fingerprint density at radius 2 is 1.60 bits per heavy atom. The van der Waals surface area contributed by atoms with Crippen molar-refractivity contribution in [1.29, 1.82) is 0 Å². The topological polar surface area (TPSA) is 61.9 Å². The van der Waals surface area contributed by atoms with E-state index in [-0.39, 0.29) is 11.9 Å². The summed E-state index contributed by atoms with van der Waals surface area (Å²) in [4.78, 5) is 28.5. The van der Waals surface area contributed by atoms with Gasteiger partial charge in [-0.15, -0.1) is 0 Å². The van der Waals surface area contributed by atoms with Crippen LogP contribution in [0.3, 0.4) is 0 Å². The summed E-state index contributed by atoms with van der Waals surface area (Å²) in [6.45, 7) is 9.12. The molecule has 1 unspecified atom stereocenters. The van der Waals surface area contributed by atoms with E-state index >= 15 is 0 Å². The van der Waals surface area contributed by atoms with Crippen LogP contribution in [-0.4, -0.2) is 66.7 Å². The summed E-state index contributed by atoms with van der Waals surface area (Å²) < 4.78 is 5.66. The average Bonchev–Trinajstić information content (AvgIpc) is 2.61. The van der Waals surface area contributed by atoms with E-state index in [1.54, 1.807) is 0 Å². The maximum absolute atomic E-state index is 12.4. The minimum absolute atomic E-state index is 0.0280. The summed E-state index contributed by atoms with van der Waals surface area (Å²) in [6.07, 6.45) is 6.45. The monoisotopic (exact) mass is 353 g/mol. The predicted molar refractivity (Wildman–Crippen MR) is 98.4 cm³/mol. The first-order chi connectivity index (χ1) is 12.0. The standard InChI is InChI=1S/C19H35N3O3/c1-15(2)9-14-25-16(3)18(23)21-10-12-22(13-11-21)19(24)20-17-7-5-4-6-8-17/h15-17H,4-14H2,1-3H3,(H,20,24). The third kappa shape index (κ3) is 6.49. The van der Waals surface area contributed by atoms with E-state index in [1.165, 1.54) is 19.3 Å². The zero-order valence-electron chi connectivity index (χ0n) is 16.1. The molecule has 0 radical (unpaired) electrons. The van der Waals surface area contributed by atoms with Crippen LogP contribution in [0, 0.1) is 5.92 Å². The summed E-state index contributed by atoms with van der Waals surface area (Å²) >= 11 is 0. The molecule has 6 nitrogen and oxygen atoms in total. The molecule has 0 aromatic rings. The molecule has 3 amide bonds. The predicted octanol–water partition coefficient (Wildman–Crippen LogP) is 2.62. The van der Waals surface area contributed by atoms with Gasteiger partial charge in [0.15, 0.2) is 0 Å². The number of urea groups is 1. The molecule has 2 rings (SSSR count). The van der Waals surface area contributed by atoms with Crippen molar-refractivity contribution in [2.45, 2.75) is 71.4 Å². The van der Waals surface area contributed by atoms with Gasteiger partial charge in [-0.3, -0.25) is 4.79 Å². The van der Waals surface area contributed by atoms with Gasteiger partial charge in [0.25, 0.3) is 5.91 Å². The molecule has 1 N–H and O–H groups in total. The molecule has 1 atom stereocenters. The fourth-order valence-corrected chi connectivity index (χ4v) is 3.45. The Kier molecular flexibility index (Phi) is 8.00. The van der Waals surface area contributed by atoms with E-state index in [4.69, 9.17) is 4.74 Å². The zero-order chi connectivity index (χ0) is 18.2. The van der Waals surface area contributed by atoms with Crippen LogP contribution in [-0.2, 0) is 9.53 Å². The molecule has 1 aliphatic heterocycles. The van der Waals surface area contributed by atoms with Crippen molar-refractivity contribution >= 4 is 11.9 Å². The number of nitrogens with one attached hydrogen (secondary N) is 1. The fourth-order valence-electron chi connectivity index (χ4n) is 3.45. The van der Waals surface area contributed by atoms with E-state index in [0.717, 1.165) is 19.3 Å². The van der Waals surface area contributed by atoms with Crippen molar-refractivity contribution in [2.75, 3.05) is 32.8 Å². The maximum atomic E-state index is 12.4. The average molecular weight is 354 g/mol. The van der Waals surface area contributed by atoms with Gasteiger partial charge in [0.2, 0.25) is 0 Å². The molecule has 25 heavy (non-hydrogen) atoms. The smallest absolute Gasteiger partial charge is 0.317 e. The molecule has 2 fully saturated rings. The lowest BCUT2D eigenvalue weighted by atomic mass is 9.96. The normalized spacial score (nSPS) is 20.6. The van der Waals surface area contributed by atoms with Crippen molar-refractivity contribution < 1.29 is 14.3 Å². The molecule has 1 aliphatic carbocycles. The van der Waals surface area contributed by atoms with Gasteiger partial charge < -0.3 is 19.9 Å². The summed E-state index contributed by atoms with van der Waals surface area (Å²) in [7, 11) is 0. The quantitative estimate of drug-likeness (QED) is 0.798. The highest BCUT2D eigenvalue weighted by atomic mass is 16.5. The number of carbonyl (C=O) groups is 2. The molecule has 0 bridgehead atoms. The van der Waals surface area contributed by atoms with Crippen molar-refractivity contribution in [3.05, 3.63) is 0 Å². The van der Waals surface area contributed by atoms with Crippen LogP contribution in [0.4, 0.5) is 4.79 Å². The Balaban J connectivity index is 1.69. The van der Waals surface area contributed by atoms with Crippen LogP contribution in [0.1, 0.15) is 59.3 Å². The van der Waals surface area contributed by atoms with Gasteiger partial charge in [-0.05, 0) is 32.1 Å². The number of piperazine rings is 1. The van der Waals surface area contributed by atoms with Crippen LogP contribution in [0.15, 0.2) is 0 Å². The second-order valence-corrected chi connectivity index (χ2v) is 7.79. The van der Waals surface area contributed by atoms with Crippen LogP contribution < -0.4 is 5.32 Å². The van der Waals surface area contributed by atoms with E-state index in [9.17, 15) is 9.59 Å². The van der Waals surface area contributed by atoms with Crippen molar-refractivity contribution in [3.63, 3.8) is 0 Å². The Morgan fingerprint density at radius 3 is 2.20 bits per heavy atom. The Hall–Kier alpha value is -1.30. The molecular weight excluding hydrogens is 318 g/mol. The number of nitrogens with zero attached hydrogens (tertiary/aromatic N) is 2. The van der Waals surface area contributed by atoms with E-state index in [2.05, 4.69) is 19.2 Å². The lowest BCUT2D eigenvalue weighted by Gasteiger charge is -2.37. The summed E-state index contributed by atoms with van der Waals surface area (Å²) in [5.41, 5.74) is 0. The molecule has 0 aromatic heterocycles. The van der Waals surface area contributed by atoms with E-state index in [1.807, 2.05) is 16.7 Å². The second kappa shape index (κ2) is 10.00. The van der Waals surface area contributed by atoms with Crippen molar-refractivity contribution in [2.24, 2.45) is 5.92 Å². The number of hydrogen-bond donors (Lipinski definition) is 1. The molecule has 2 aliphatic rings. The molecular formula is C19H35N3O3. The number of hydrogen-bond acceptors (Lipinski definition) is 3. The van der Waals surface area contributed by atoms with E-state index in [0.29, 0.717) is 44.7 Å². The largest absolute Gasteiger partial charge is 0.369 e. The summed E-state index contributed by atoms with van der Waals surface area (Å²) in [6, 6.07) is 0.357. The number of ether oxygens (including phenoxy) is 1. The SMILES string of the molecule is CC(C)CCOC(C)C(=O)N1CCN(C(=O)NC2CCCCC2)CC1. The molecule has 6 heteroatoms. The minimum atomic E-state index is -0.402. The van der Waals surface area contributed by atoms with Gasteiger partial charge in [0, 0.05) is 38.8 Å². The van der Waals surface area contributed by atoms with Crippen LogP contribution in [0.25, 0.3) is 0 Å². The lowest BCUT2D eigenvalue weighted by Crippen LogP contribution is -2.56. The first-order valence-corrected chi connectivity index (χ1v) is 9.93. The third-order valence-electron chi connectivity index (χ3n) is 5.22. The van der Waals surface area contributed by atoms with Crippen LogP contribution in [0.2, 0.25) is 0 Å². The van der Waals surface area contributed by atoms with E-state index < -0.39 is 6.10 Å². The summed E-state index contributed by atoms with van der Waals surface area (Å²) in [5.74, 6) is 0.615. The summed E-state index contributed by atoms with van der Waals surface area (Å²) in [5, 5.41) is 3.15. The maximum Gasteiger partial charge on any atom is 0.317 e. The highest BCUT2D eigenvalue weighted by molar-refractivity contribution is 5.81. The Bertz CT molecular complexity index is 428. The fraction of sp³-hybridized carbons (Fsp3) is 0.895. The van der Waals surface area contributed by atoms with Crippen LogP contribution in [0.5, 0.6) is 0 Å². The molecule has 1 heterocycles. The van der Waals surface area contributed by atoms with Crippen molar-refractivity contribution in [1.82, 2.24) is 15.1 Å². The molecule has 0 aromatic carbocycles. The van der Waals surface area contributed by atoms with Gasteiger partial charge in [0.05, 0.1) is 0 Å². The first-order valence-electron chi connectivity index (χ1n) is 9.93. The molecule has 144 valence electrons. The third-order valence-corrected chi connectivity index (χ3v) is 5.22. The zero-order valence-corrected chi connectivity index (χ0v) is 16.1. The Labute approximate surface area is 152 Å². The van der Waals surface area contributed by atoms with Crippen molar-refractivity contribution in [3.8, 4) is 0 Å². The lowest BCUT2D eigenvalue weighted by molar-refractivity contribution is -0.144. The molecule has 0 spiro atoms. The van der Waals surface area contributed by atoms with Gasteiger partial charge in [-0.1, -0.05) is 33.1 Å². The Morgan fingerprint density at radius 1 is 1.00 bits per heavy atom. The van der Waals surface area contributed by atoms with Gasteiger partial charge >= 0.3 is 6.03 Å². The number of rotatable bonds is 6. The highest BCUT2D eigenvalue weighted by Gasteiger charge is 2.28.